The number of carbonyl (C=O) groups is 1. The number of aromatic carboxylic acids is 1. The van der Waals surface area contributed by atoms with Crippen LogP contribution in [0.1, 0.15) is 10.4 Å². The number of piperazine rings is 1. The summed E-state index contributed by atoms with van der Waals surface area (Å²) in [7, 11) is -2.13. The van der Waals surface area contributed by atoms with Crippen LogP contribution in [0.5, 0.6) is 5.75 Å². The van der Waals surface area contributed by atoms with Gasteiger partial charge in [0.2, 0.25) is 10.0 Å². The van der Waals surface area contributed by atoms with E-state index in [0.29, 0.717) is 26.2 Å². The Labute approximate surface area is 152 Å². The Morgan fingerprint density at radius 2 is 1.69 bits per heavy atom. The monoisotopic (exact) mass is 375 g/mol. The van der Waals surface area contributed by atoms with Crippen LogP contribution < -0.4 is 14.7 Å². The molecular formula is C18H19N2O5S-. The summed E-state index contributed by atoms with van der Waals surface area (Å²) < 4.78 is 32.1. The van der Waals surface area contributed by atoms with Crippen molar-refractivity contribution in [3.8, 4) is 5.75 Å². The van der Waals surface area contributed by atoms with Gasteiger partial charge in [-0.2, -0.15) is 4.31 Å². The molecule has 0 unspecified atom stereocenters. The topological polar surface area (TPSA) is 90.0 Å². The third-order valence-corrected chi connectivity index (χ3v) is 6.28. The molecule has 2 aromatic rings. The largest absolute Gasteiger partial charge is 0.545 e. The van der Waals surface area contributed by atoms with E-state index in [4.69, 9.17) is 4.74 Å². The molecule has 1 heterocycles. The number of anilines is 1. The SMILES string of the molecule is COc1ccc(N2CCN(S(=O)(=O)c3cccc(C(=O)[O-])c3)CC2)cc1. The number of carboxylic acid groups (broad SMARTS) is 1. The van der Waals surface area contributed by atoms with Gasteiger partial charge in [-0.25, -0.2) is 8.42 Å². The third kappa shape index (κ3) is 3.66. The number of hydrogen-bond acceptors (Lipinski definition) is 6. The van der Waals surface area contributed by atoms with E-state index in [1.54, 1.807) is 7.11 Å². The van der Waals surface area contributed by atoms with E-state index in [1.165, 1.54) is 22.5 Å². The van der Waals surface area contributed by atoms with Crippen LogP contribution in [0.3, 0.4) is 0 Å². The van der Waals surface area contributed by atoms with E-state index in [1.807, 2.05) is 24.3 Å². The van der Waals surface area contributed by atoms with Crippen LogP contribution in [0.25, 0.3) is 0 Å². The van der Waals surface area contributed by atoms with Gasteiger partial charge >= 0.3 is 0 Å². The second-order valence-corrected chi connectivity index (χ2v) is 7.84. The van der Waals surface area contributed by atoms with Gasteiger partial charge in [-0.3, -0.25) is 0 Å². The Balaban J connectivity index is 1.72. The Morgan fingerprint density at radius 1 is 1.04 bits per heavy atom. The highest BCUT2D eigenvalue weighted by atomic mass is 32.2. The highest BCUT2D eigenvalue weighted by molar-refractivity contribution is 7.89. The molecule has 8 heteroatoms. The number of ether oxygens (including phenoxy) is 1. The van der Waals surface area contributed by atoms with Crippen molar-refractivity contribution in [2.75, 3.05) is 38.2 Å². The van der Waals surface area contributed by atoms with E-state index in [9.17, 15) is 18.3 Å². The molecule has 0 aliphatic carbocycles. The van der Waals surface area contributed by atoms with Crippen LogP contribution in [0, 0.1) is 0 Å². The zero-order valence-corrected chi connectivity index (χ0v) is 15.1. The number of sulfonamides is 1. The maximum atomic E-state index is 12.8. The summed E-state index contributed by atoms with van der Waals surface area (Å²) >= 11 is 0. The number of carbonyl (C=O) groups excluding carboxylic acids is 1. The number of hydrogen-bond donors (Lipinski definition) is 0. The normalized spacial score (nSPS) is 15.7. The molecule has 1 saturated heterocycles. The van der Waals surface area contributed by atoms with Crippen LogP contribution in [0.2, 0.25) is 0 Å². The summed E-state index contributed by atoms with van der Waals surface area (Å²) in [6.45, 7) is 1.74. The van der Waals surface area contributed by atoms with Gasteiger partial charge in [-0.1, -0.05) is 12.1 Å². The molecule has 26 heavy (non-hydrogen) atoms. The molecule has 0 atom stereocenters. The molecule has 0 saturated carbocycles. The van der Waals surface area contributed by atoms with E-state index in [2.05, 4.69) is 4.90 Å². The van der Waals surface area contributed by atoms with Crippen molar-refractivity contribution in [1.82, 2.24) is 4.31 Å². The van der Waals surface area contributed by atoms with Gasteiger partial charge in [0.15, 0.2) is 0 Å². The van der Waals surface area contributed by atoms with Gasteiger partial charge in [0, 0.05) is 31.9 Å². The molecule has 3 rings (SSSR count). The van der Waals surface area contributed by atoms with Crippen LogP contribution in [0.15, 0.2) is 53.4 Å². The fourth-order valence-corrected chi connectivity index (χ4v) is 4.38. The summed E-state index contributed by atoms with van der Waals surface area (Å²) in [5, 5.41) is 11.0. The quantitative estimate of drug-likeness (QED) is 0.759. The fraction of sp³-hybridized carbons (Fsp3) is 0.278. The van der Waals surface area contributed by atoms with Gasteiger partial charge in [-0.15, -0.1) is 0 Å². The lowest BCUT2D eigenvalue weighted by molar-refractivity contribution is -0.255. The predicted octanol–water partition coefficient (Wildman–Crippen LogP) is 0.570. The second-order valence-electron chi connectivity index (χ2n) is 5.90. The van der Waals surface area contributed by atoms with Gasteiger partial charge in [0.25, 0.3) is 0 Å². The summed E-state index contributed by atoms with van der Waals surface area (Å²) in [6, 6.07) is 12.9. The predicted molar refractivity (Wildman–Crippen MR) is 94.7 cm³/mol. The highest BCUT2D eigenvalue weighted by Gasteiger charge is 2.28. The number of nitrogens with zero attached hydrogens (tertiary/aromatic N) is 2. The molecule has 0 spiro atoms. The average Bonchev–Trinajstić information content (AvgIpc) is 2.68. The van der Waals surface area contributed by atoms with Crippen LogP contribution in [-0.4, -0.2) is 52.0 Å². The van der Waals surface area contributed by atoms with Gasteiger partial charge < -0.3 is 19.5 Å². The van der Waals surface area contributed by atoms with Crippen LogP contribution >= 0.6 is 0 Å². The highest BCUT2D eigenvalue weighted by Crippen LogP contribution is 2.23. The minimum absolute atomic E-state index is 0.0305. The fourth-order valence-electron chi connectivity index (χ4n) is 2.91. The Bertz CT molecular complexity index is 888. The van der Waals surface area contributed by atoms with E-state index in [-0.39, 0.29) is 10.5 Å². The first-order valence-electron chi connectivity index (χ1n) is 8.12. The van der Waals surface area contributed by atoms with Gasteiger partial charge in [0.05, 0.1) is 18.0 Å². The maximum Gasteiger partial charge on any atom is 0.243 e. The Morgan fingerprint density at radius 3 is 2.27 bits per heavy atom. The minimum Gasteiger partial charge on any atom is -0.545 e. The molecule has 0 N–H and O–H groups in total. The summed E-state index contributed by atoms with van der Waals surface area (Å²) in [6.07, 6.45) is 0. The van der Waals surface area contributed by atoms with Crippen molar-refractivity contribution in [2.24, 2.45) is 0 Å². The smallest absolute Gasteiger partial charge is 0.243 e. The molecule has 1 fully saturated rings. The zero-order valence-electron chi connectivity index (χ0n) is 14.3. The molecule has 1 aliphatic rings. The molecule has 0 aromatic heterocycles. The molecule has 0 radical (unpaired) electrons. The van der Waals surface area contributed by atoms with Crippen molar-refractivity contribution < 1.29 is 23.1 Å². The second kappa shape index (κ2) is 7.35. The molecule has 0 bridgehead atoms. The van der Waals surface area contributed by atoms with Crippen molar-refractivity contribution in [2.45, 2.75) is 4.90 Å². The van der Waals surface area contributed by atoms with Crippen molar-refractivity contribution >= 4 is 21.7 Å². The Hall–Kier alpha value is -2.58. The average molecular weight is 375 g/mol. The lowest BCUT2D eigenvalue weighted by Gasteiger charge is -2.35. The molecule has 0 amide bonds. The van der Waals surface area contributed by atoms with E-state index in [0.717, 1.165) is 17.5 Å². The first kappa shape index (κ1) is 18.2. The van der Waals surface area contributed by atoms with E-state index >= 15 is 0 Å². The lowest BCUT2D eigenvalue weighted by Crippen LogP contribution is -2.48. The maximum absolute atomic E-state index is 12.8. The van der Waals surface area contributed by atoms with Crippen molar-refractivity contribution in [1.29, 1.82) is 0 Å². The summed E-state index contributed by atoms with van der Waals surface area (Å²) in [4.78, 5) is 13.0. The molecule has 7 nitrogen and oxygen atoms in total. The number of benzene rings is 2. The number of rotatable bonds is 5. The van der Waals surface area contributed by atoms with E-state index < -0.39 is 16.0 Å². The minimum atomic E-state index is -3.74. The van der Waals surface area contributed by atoms with Crippen molar-refractivity contribution in [3.05, 3.63) is 54.1 Å². The van der Waals surface area contributed by atoms with Crippen LogP contribution in [0.4, 0.5) is 5.69 Å². The summed E-state index contributed by atoms with van der Waals surface area (Å²) in [5.74, 6) is -0.630. The van der Waals surface area contributed by atoms with Crippen molar-refractivity contribution in [3.63, 3.8) is 0 Å². The standard InChI is InChI=1S/C18H20N2O5S/c1-25-16-7-5-15(6-8-16)19-9-11-20(12-10-19)26(23,24)17-4-2-3-14(13-17)18(21)22/h2-8,13H,9-12H2,1H3,(H,21,22)/p-1. The Kier molecular flexibility index (Phi) is 5.15. The lowest BCUT2D eigenvalue weighted by atomic mass is 10.2. The molecule has 2 aromatic carbocycles. The third-order valence-electron chi connectivity index (χ3n) is 4.38. The molecular weight excluding hydrogens is 356 g/mol. The first-order chi connectivity index (χ1) is 12.4. The number of carboxylic acids is 1. The first-order valence-corrected chi connectivity index (χ1v) is 9.56. The van der Waals surface area contributed by atoms with Gasteiger partial charge in [-0.05, 0) is 42.0 Å². The molecule has 1 aliphatic heterocycles. The number of methoxy groups -OCH3 is 1. The van der Waals surface area contributed by atoms with Gasteiger partial charge in [0.1, 0.15) is 5.75 Å². The summed E-state index contributed by atoms with van der Waals surface area (Å²) in [5.41, 5.74) is 0.852. The van der Waals surface area contributed by atoms with Crippen LogP contribution in [-0.2, 0) is 10.0 Å². The zero-order chi connectivity index (χ0) is 18.7. The molecule has 138 valence electrons.